The van der Waals surface area contributed by atoms with Gasteiger partial charge < -0.3 is 9.73 Å². The summed E-state index contributed by atoms with van der Waals surface area (Å²) in [7, 11) is 0. The molecule has 0 aliphatic rings. The molecule has 0 spiro atoms. The number of benzene rings is 1. The number of hydrogen-bond donors (Lipinski definition) is 1. The maximum absolute atomic E-state index is 5.08. The molecule has 0 saturated heterocycles. The van der Waals surface area contributed by atoms with Crippen LogP contribution in [-0.2, 0) is 0 Å². The third kappa shape index (κ3) is 2.58. The minimum atomic E-state index is 0.262. The Bertz CT molecular complexity index is 465. The third-order valence-corrected chi connectivity index (χ3v) is 3.27. The number of halogens is 1. The summed E-state index contributed by atoms with van der Waals surface area (Å²) in [5.41, 5.74) is 3.61. The molecule has 3 heteroatoms. The average molecular weight is 327 g/mol. The second kappa shape index (κ2) is 4.91. The van der Waals surface area contributed by atoms with Crippen LogP contribution in [0.25, 0.3) is 0 Å². The largest absolute Gasteiger partial charge is 0.472 e. The molecule has 0 aliphatic heterocycles. The molecule has 0 aliphatic carbocycles. The van der Waals surface area contributed by atoms with Crippen molar-refractivity contribution in [2.75, 3.05) is 5.32 Å². The summed E-state index contributed by atoms with van der Waals surface area (Å²) in [5, 5.41) is 3.48. The molecule has 1 atom stereocenters. The van der Waals surface area contributed by atoms with E-state index < -0.39 is 0 Å². The molecule has 0 fully saturated rings. The van der Waals surface area contributed by atoms with Crippen molar-refractivity contribution in [3.63, 3.8) is 0 Å². The van der Waals surface area contributed by atoms with Crippen LogP contribution in [-0.4, -0.2) is 0 Å². The van der Waals surface area contributed by atoms with Gasteiger partial charge in [0, 0.05) is 14.8 Å². The van der Waals surface area contributed by atoms with E-state index in [9.17, 15) is 0 Å². The van der Waals surface area contributed by atoms with Crippen molar-refractivity contribution in [2.24, 2.45) is 0 Å². The molecule has 1 unspecified atom stereocenters. The number of furan rings is 1. The monoisotopic (exact) mass is 327 g/mol. The topological polar surface area (TPSA) is 25.2 Å². The summed E-state index contributed by atoms with van der Waals surface area (Å²) >= 11 is 2.32. The second-order valence-corrected chi connectivity index (χ2v) is 5.13. The van der Waals surface area contributed by atoms with Gasteiger partial charge in [-0.3, -0.25) is 0 Å². The molecule has 0 amide bonds. The Labute approximate surface area is 109 Å². The highest BCUT2D eigenvalue weighted by molar-refractivity contribution is 14.1. The van der Waals surface area contributed by atoms with Gasteiger partial charge in [-0.2, -0.15) is 0 Å². The highest BCUT2D eigenvalue weighted by Gasteiger charge is 2.07. The summed E-state index contributed by atoms with van der Waals surface area (Å²) in [6.45, 7) is 4.24. The van der Waals surface area contributed by atoms with Crippen molar-refractivity contribution in [3.8, 4) is 0 Å². The fraction of sp³-hybridized carbons (Fsp3) is 0.231. The van der Waals surface area contributed by atoms with Gasteiger partial charge in [-0.05, 0) is 66.3 Å². The van der Waals surface area contributed by atoms with Gasteiger partial charge in [-0.15, -0.1) is 0 Å². The lowest BCUT2D eigenvalue weighted by atomic mass is 10.1. The first-order chi connectivity index (χ1) is 7.66. The van der Waals surface area contributed by atoms with Crippen LogP contribution in [0.2, 0.25) is 0 Å². The van der Waals surface area contributed by atoms with E-state index in [1.54, 1.807) is 12.5 Å². The molecule has 0 radical (unpaired) electrons. The summed E-state index contributed by atoms with van der Waals surface area (Å²) in [5.74, 6) is 0. The maximum atomic E-state index is 5.08. The van der Waals surface area contributed by atoms with E-state index in [0.717, 1.165) is 5.56 Å². The van der Waals surface area contributed by atoms with E-state index in [1.165, 1.54) is 14.8 Å². The molecule has 1 N–H and O–H groups in total. The molecular weight excluding hydrogens is 313 g/mol. The molecule has 0 bridgehead atoms. The van der Waals surface area contributed by atoms with Gasteiger partial charge in [0.05, 0.1) is 18.6 Å². The maximum Gasteiger partial charge on any atom is 0.0955 e. The normalized spacial score (nSPS) is 12.4. The number of aryl methyl sites for hydroxylation is 1. The zero-order chi connectivity index (χ0) is 11.5. The zero-order valence-electron chi connectivity index (χ0n) is 9.33. The number of anilines is 1. The molecule has 84 valence electrons. The van der Waals surface area contributed by atoms with Crippen LogP contribution in [0.3, 0.4) is 0 Å². The van der Waals surface area contributed by atoms with Crippen molar-refractivity contribution < 1.29 is 4.42 Å². The average Bonchev–Trinajstić information content (AvgIpc) is 2.75. The fourth-order valence-electron chi connectivity index (χ4n) is 1.63. The third-order valence-electron chi connectivity index (χ3n) is 2.60. The van der Waals surface area contributed by atoms with Gasteiger partial charge in [-0.1, -0.05) is 0 Å². The van der Waals surface area contributed by atoms with E-state index >= 15 is 0 Å². The predicted octanol–water partition coefficient (Wildman–Crippen LogP) is 4.37. The highest BCUT2D eigenvalue weighted by atomic mass is 127. The molecule has 2 aromatic rings. The smallest absolute Gasteiger partial charge is 0.0955 e. The molecule has 2 nitrogen and oxygen atoms in total. The SMILES string of the molecule is Cc1cc(I)ccc1NC(C)c1ccoc1. The van der Waals surface area contributed by atoms with Crippen LogP contribution < -0.4 is 5.32 Å². The summed E-state index contributed by atoms with van der Waals surface area (Å²) < 4.78 is 6.34. The van der Waals surface area contributed by atoms with Crippen molar-refractivity contribution >= 4 is 28.3 Å². The van der Waals surface area contributed by atoms with Crippen LogP contribution in [0.15, 0.2) is 41.2 Å². The van der Waals surface area contributed by atoms with E-state index in [1.807, 2.05) is 6.07 Å². The Hall–Kier alpha value is -0.970. The quantitative estimate of drug-likeness (QED) is 0.847. The van der Waals surface area contributed by atoms with Gasteiger partial charge in [0.2, 0.25) is 0 Å². The van der Waals surface area contributed by atoms with Crippen LogP contribution >= 0.6 is 22.6 Å². The molecular formula is C13H14INO. The van der Waals surface area contributed by atoms with Crippen molar-refractivity contribution in [1.82, 2.24) is 0 Å². The molecule has 1 heterocycles. The predicted molar refractivity (Wildman–Crippen MR) is 74.6 cm³/mol. The van der Waals surface area contributed by atoms with Crippen molar-refractivity contribution in [3.05, 3.63) is 51.5 Å². The van der Waals surface area contributed by atoms with Crippen LogP contribution in [0, 0.1) is 10.5 Å². The number of nitrogens with one attached hydrogen (secondary N) is 1. The minimum absolute atomic E-state index is 0.262. The first-order valence-electron chi connectivity index (χ1n) is 5.21. The Balaban J connectivity index is 2.15. The lowest BCUT2D eigenvalue weighted by Crippen LogP contribution is -2.06. The van der Waals surface area contributed by atoms with Gasteiger partial charge in [-0.25, -0.2) is 0 Å². The lowest BCUT2D eigenvalue weighted by Gasteiger charge is -2.15. The Kier molecular flexibility index (Phi) is 3.53. The zero-order valence-corrected chi connectivity index (χ0v) is 11.5. The molecule has 1 aromatic carbocycles. The Morgan fingerprint density at radius 3 is 2.75 bits per heavy atom. The van der Waals surface area contributed by atoms with Crippen LogP contribution in [0.5, 0.6) is 0 Å². The first-order valence-corrected chi connectivity index (χ1v) is 6.29. The van der Waals surface area contributed by atoms with Gasteiger partial charge >= 0.3 is 0 Å². The summed E-state index contributed by atoms with van der Waals surface area (Å²) in [6.07, 6.45) is 3.48. The van der Waals surface area contributed by atoms with E-state index in [-0.39, 0.29) is 6.04 Å². The summed E-state index contributed by atoms with van der Waals surface area (Å²) in [4.78, 5) is 0. The van der Waals surface area contributed by atoms with Gasteiger partial charge in [0.25, 0.3) is 0 Å². The molecule has 2 rings (SSSR count). The molecule has 0 saturated carbocycles. The number of hydrogen-bond acceptors (Lipinski definition) is 2. The standard InChI is InChI=1S/C13H14INO/c1-9-7-12(14)3-4-13(9)15-10(2)11-5-6-16-8-11/h3-8,10,15H,1-2H3. The second-order valence-electron chi connectivity index (χ2n) is 3.88. The lowest BCUT2D eigenvalue weighted by molar-refractivity contribution is 0.562. The first kappa shape index (κ1) is 11.5. The van der Waals surface area contributed by atoms with Gasteiger partial charge in [0.1, 0.15) is 0 Å². The van der Waals surface area contributed by atoms with Crippen LogP contribution in [0.1, 0.15) is 24.1 Å². The summed E-state index contributed by atoms with van der Waals surface area (Å²) in [6, 6.07) is 8.65. The van der Waals surface area contributed by atoms with Crippen molar-refractivity contribution in [1.29, 1.82) is 0 Å². The van der Waals surface area contributed by atoms with E-state index in [4.69, 9.17) is 4.42 Å². The molecule has 1 aromatic heterocycles. The van der Waals surface area contributed by atoms with E-state index in [2.05, 4.69) is 60.0 Å². The van der Waals surface area contributed by atoms with Gasteiger partial charge in [0.15, 0.2) is 0 Å². The molecule has 16 heavy (non-hydrogen) atoms. The Morgan fingerprint density at radius 2 is 2.12 bits per heavy atom. The minimum Gasteiger partial charge on any atom is -0.472 e. The van der Waals surface area contributed by atoms with E-state index in [0.29, 0.717) is 0 Å². The number of rotatable bonds is 3. The van der Waals surface area contributed by atoms with Crippen molar-refractivity contribution in [2.45, 2.75) is 19.9 Å². The Morgan fingerprint density at radius 1 is 1.31 bits per heavy atom. The fourth-order valence-corrected chi connectivity index (χ4v) is 2.27. The van der Waals surface area contributed by atoms with Crippen LogP contribution in [0.4, 0.5) is 5.69 Å². The highest BCUT2D eigenvalue weighted by Crippen LogP contribution is 2.23.